The molecule has 22 heavy (non-hydrogen) atoms. The molecule has 1 heterocycles. The summed E-state index contributed by atoms with van der Waals surface area (Å²) in [7, 11) is 0. The van der Waals surface area contributed by atoms with Crippen LogP contribution in [0.5, 0.6) is 0 Å². The maximum Gasteiger partial charge on any atom is 0.126 e. The Hall–Kier alpha value is -2.55. The summed E-state index contributed by atoms with van der Waals surface area (Å²) in [5.74, 6) is 0.975. The van der Waals surface area contributed by atoms with E-state index in [1.54, 1.807) is 0 Å². The van der Waals surface area contributed by atoms with Crippen molar-refractivity contribution >= 4 is 16.7 Å². The molecule has 0 aliphatic rings. The lowest BCUT2D eigenvalue weighted by Crippen LogP contribution is -1.90. The monoisotopic (exact) mass is 292 g/mol. The lowest BCUT2D eigenvalue weighted by molar-refractivity contribution is -0.114. The van der Waals surface area contributed by atoms with Crippen LogP contribution in [0.15, 0.2) is 48.7 Å². The number of fused-ring (bicyclic) bond motifs is 1. The molecule has 0 bridgehead atoms. The molecule has 0 amide bonds. The van der Waals surface area contributed by atoms with Crippen LogP contribution in [0.3, 0.4) is 0 Å². The molecule has 0 aliphatic heterocycles. The molecule has 3 rings (SSSR count). The number of hydrogen-bond acceptors (Lipinski definition) is 3. The summed E-state index contributed by atoms with van der Waals surface area (Å²) in [5.41, 5.74) is 4.66. The van der Waals surface area contributed by atoms with E-state index in [9.17, 15) is 4.79 Å². The van der Waals surface area contributed by atoms with Gasteiger partial charge in [-0.3, -0.25) is 0 Å². The molecule has 0 unspecified atom stereocenters. The normalized spacial score (nSPS) is 10.0. The van der Waals surface area contributed by atoms with Gasteiger partial charge in [0.2, 0.25) is 0 Å². The highest BCUT2D eigenvalue weighted by Gasteiger charge is 2.05. The number of Topliss-reactive ketones (excluding diaryl/α,β-unsaturated/α-hetero) is 1. The van der Waals surface area contributed by atoms with E-state index in [0.717, 1.165) is 16.7 Å². The number of para-hydroxylation sites is 1. The van der Waals surface area contributed by atoms with Gasteiger partial charge >= 0.3 is 0 Å². The van der Waals surface area contributed by atoms with Crippen LogP contribution in [-0.2, 0) is 4.79 Å². The second kappa shape index (κ2) is 6.94. The average Bonchev–Trinajstić information content (AvgIpc) is 2.46. The summed E-state index contributed by atoms with van der Waals surface area (Å²) in [6, 6.07) is 14.7. The topological polar surface area (TPSA) is 42.9 Å². The zero-order valence-corrected chi connectivity index (χ0v) is 13.4. The Kier molecular flexibility index (Phi) is 4.99. The van der Waals surface area contributed by atoms with Gasteiger partial charge in [0.15, 0.2) is 0 Å². The predicted molar refractivity (Wildman–Crippen MR) is 90.8 cm³/mol. The van der Waals surface area contributed by atoms with Crippen molar-refractivity contribution in [3.63, 3.8) is 0 Å². The molecule has 1 aromatic heterocycles. The van der Waals surface area contributed by atoms with Crippen molar-refractivity contribution in [3.8, 4) is 11.1 Å². The zero-order valence-electron chi connectivity index (χ0n) is 13.4. The first kappa shape index (κ1) is 15.8. The minimum atomic E-state index is 0.167. The van der Waals surface area contributed by atoms with Crippen LogP contribution in [0.2, 0.25) is 0 Å². The quantitative estimate of drug-likeness (QED) is 0.662. The lowest BCUT2D eigenvalue weighted by Gasteiger charge is -2.07. The molecule has 3 nitrogen and oxygen atoms in total. The first-order chi connectivity index (χ1) is 10.5. The second-order valence-electron chi connectivity index (χ2n) is 5.44. The summed E-state index contributed by atoms with van der Waals surface area (Å²) in [6.07, 6.45) is 1.89. The summed E-state index contributed by atoms with van der Waals surface area (Å²) < 4.78 is 0. The van der Waals surface area contributed by atoms with Gasteiger partial charge in [0, 0.05) is 17.1 Å². The number of carbonyl (C=O) groups is 1. The van der Waals surface area contributed by atoms with Crippen molar-refractivity contribution in [2.75, 3.05) is 0 Å². The van der Waals surface area contributed by atoms with Crippen LogP contribution in [0.25, 0.3) is 22.0 Å². The molecule has 0 aliphatic carbocycles. The Labute approximate surface area is 131 Å². The minimum absolute atomic E-state index is 0.167. The zero-order chi connectivity index (χ0) is 16.1. The van der Waals surface area contributed by atoms with Gasteiger partial charge in [0.25, 0.3) is 0 Å². The molecule has 0 radical (unpaired) electrons. The second-order valence-corrected chi connectivity index (χ2v) is 5.44. The first-order valence-corrected chi connectivity index (χ1v) is 7.24. The third kappa shape index (κ3) is 3.98. The van der Waals surface area contributed by atoms with Crippen molar-refractivity contribution < 1.29 is 4.79 Å². The highest BCUT2D eigenvalue weighted by Crippen LogP contribution is 2.27. The molecule has 3 aromatic rings. The summed E-state index contributed by atoms with van der Waals surface area (Å²) in [4.78, 5) is 18.3. The standard InChI is InChI=1S/C16H14N2.C3H6O/c1-11-5-3-6-13(9-11)15-8-4-7-14-10-17-12(2)18-16(14)15;1-3(2)4/h3-10H,1-2H3;1-2H3. The fourth-order valence-electron chi connectivity index (χ4n) is 2.19. The molecule has 0 spiro atoms. The van der Waals surface area contributed by atoms with Crippen molar-refractivity contribution in [2.24, 2.45) is 0 Å². The van der Waals surface area contributed by atoms with Crippen LogP contribution in [0.1, 0.15) is 25.2 Å². The van der Waals surface area contributed by atoms with Gasteiger partial charge in [0.1, 0.15) is 11.6 Å². The van der Waals surface area contributed by atoms with Crippen LogP contribution in [-0.4, -0.2) is 15.8 Å². The number of benzene rings is 2. The van der Waals surface area contributed by atoms with Gasteiger partial charge < -0.3 is 4.79 Å². The van der Waals surface area contributed by atoms with Crippen LogP contribution < -0.4 is 0 Å². The van der Waals surface area contributed by atoms with Crippen LogP contribution in [0, 0.1) is 13.8 Å². The van der Waals surface area contributed by atoms with Crippen molar-refractivity contribution in [1.29, 1.82) is 0 Å². The summed E-state index contributed by atoms with van der Waals surface area (Å²) in [5, 5.41) is 1.08. The lowest BCUT2D eigenvalue weighted by atomic mass is 10.0. The Bertz CT molecular complexity index is 805. The maximum absolute atomic E-state index is 9.44. The smallest absolute Gasteiger partial charge is 0.126 e. The van der Waals surface area contributed by atoms with Gasteiger partial charge in [-0.1, -0.05) is 48.0 Å². The Morgan fingerprint density at radius 3 is 2.36 bits per heavy atom. The number of hydrogen-bond donors (Lipinski definition) is 0. The summed E-state index contributed by atoms with van der Waals surface area (Å²) in [6.45, 7) is 7.08. The predicted octanol–water partition coefficient (Wildman–Crippen LogP) is 4.51. The van der Waals surface area contributed by atoms with Gasteiger partial charge in [-0.25, -0.2) is 9.97 Å². The molecule has 0 atom stereocenters. The van der Waals surface area contributed by atoms with Gasteiger partial charge in [-0.2, -0.15) is 0 Å². The van der Waals surface area contributed by atoms with Crippen molar-refractivity contribution in [2.45, 2.75) is 27.7 Å². The maximum atomic E-state index is 9.44. The largest absolute Gasteiger partial charge is 0.300 e. The van der Waals surface area contributed by atoms with E-state index in [1.807, 2.05) is 19.2 Å². The molecule has 0 fully saturated rings. The number of aryl methyl sites for hydroxylation is 2. The molecule has 112 valence electrons. The van der Waals surface area contributed by atoms with E-state index in [0.29, 0.717) is 0 Å². The number of carbonyl (C=O) groups excluding carboxylic acids is 1. The highest BCUT2D eigenvalue weighted by molar-refractivity contribution is 5.93. The Morgan fingerprint density at radius 1 is 1.00 bits per heavy atom. The van der Waals surface area contributed by atoms with Crippen molar-refractivity contribution in [1.82, 2.24) is 9.97 Å². The van der Waals surface area contributed by atoms with Gasteiger partial charge in [-0.15, -0.1) is 0 Å². The SMILES string of the molecule is CC(C)=O.Cc1cccc(-c2cccc3cnc(C)nc23)c1. The van der Waals surface area contributed by atoms with E-state index in [4.69, 9.17) is 0 Å². The Balaban J connectivity index is 0.000000396. The third-order valence-electron chi connectivity index (χ3n) is 3.06. The minimum Gasteiger partial charge on any atom is -0.300 e. The van der Waals surface area contributed by atoms with Crippen LogP contribution >= 0.6 is 0 Å². The van der Waals surface area contributed by atoms with Gasteiger partial charge in [-0.05, 0) is 33.3 Å². The molecule has 0 N–H and O–H groups in total. The molecule has 3 heteroatoms. The van der Waals surface area contributed by atoms with E-state index >= 15 is 0 Å². The number of ketones is 1. The van der Waals surface area contributed by atoms with Gasteiger partial charge in [0.05, 0.1) is 5.52 Å². The fraction of sp³-hybridized carbons (Fsp3) is 0.211. The summed E-state index contributed by atoms with van der Waals surface area (Å²) >= 11 is 0. The fourth-order valence-corrected chi connectivity index (χ4v) is 2.19. The molecular formula is C19H20N2O. The molecule has 2 aromatic carbocycles. The first-order valence-electron chi connectivity index (χ1n) is 7.24. The van der Waals surface area contributed by atoms with Crippen LogP contribution in [0.4, 0.5) is 0 Å². The van der Waals surface area contributed by atoms with E-state index in [-0.39, 0.29) is 5.78 Å². The number of nitrogens with zero attached hydrogens (tertiary/aromatic N) is 2. The van der Waals surface area contributed by atoms with Crippen molar-refractivity contribution in [3.05, 3.63) is 60.0 Å². The third-order valence-corrected chi connectivity index (χ3v) is 3.06. The molecular weight excluding hydrogens is 272 g/mol. The highest BCUT2D eigenvalue weighted by atomic mass is 16.1. The number of rotatable bonds is 1. The Morgan fingerprint density at radius 2 is 1.68 bits per heavy atom. The average molecular weight is 292 g/mol. The van der Waals surface area contributed by atoms with E-state index < -0.39 is 0 Å². The van der Waals surface area contributed by atoms with E-state index in [2.05, 4.69) is 53.3 Å². The molecule has 0 saturated heterocycles. The van der Waals surface area contributed by atoms with E-state index in [1.165, 1.54) is 30.5 Å². The number of aromatic nitrogens is 2. The molecule has 0 saturated carbocycles.